The Morgan fingerprint density at radius 3 is 2.88 bits per heavy atom. The highest BCUT2D eigenvalue weighted by atomic mass is 32.2. The summed E-state index contributed by atoms with van der Waals surface area (Å²) in [5.41, 5.74) is 0. The maximum absolute atomic E-state index is 12.1. The number of piperidine rings is 1. The molecule has 1 aliphatic heterocycles. The molecule has 1 fully saturated rings. The first-order chi connectivity index (χ1) is 8.10. The minimum Gasteiger partial charge on any atom is -0.384 e. The molecule has 0 aromatic rings. The second-order valence-corrected chi connectivity index (χ2v) is 6.68. The molecule has 0 aromatic carbocycles. The van der Waals surface area contributed by atoms with E-state index in [1.54, 1.807) is 11.4 Å². The van der Waals surface area contributed by atoms with Crippen molar-refractivity contribution in [1.29, 1.82) is 0 Å². The molecule has 0 aromatic heterocycles. The summed E-state index contributed by atoms with van der Waals surface area (Å²) in [6.45, 7) is 2.69. The van der Waals surface area contributed by atoms with E-state index in [1.165, 1.54) is 0 Å². The van der Waals surface area contributed by atoms with Gasteiger partial charge in [0.15, 0.2) is 0 Å². The number of nitrogens with zero attached hydrogens (tertiary/aromatic N) is 1. The van der Waals surface area contributed by atoms with E-state index >= 15 is 0 Å². The van der Waals surface area contributed by atoms with Crippen molar-refractivity contribution < 1.29 is 13.2 Å². The van der Waals surface area contributed by atoms with E-state index in [9.17, 15) is 8.42 Å². The summed E-state index contributed by atoms with van der Waals surface area (Å²) in [6.07, 6.45) is 2.68. The lowest BCUT2D eigenvalue weighted by atomic mass is 10.0. The molecule has 1 rings (SSSR count). The zero-order valence-corrected chi connectivity index (χ0v) is 11.6. The van der Waals surface area contributed by atoms with Gasteiger partial charge < -0.3 is 10.1 Å². The van der Waals surface area contributed by atoms with Crippen molar-refractivity contribution in [3.05, 3.63) is 0 Å². The Balaban J connectivity index is 2.46. The van der Waals surface area contributed by atoms with E-state index in [4.69, 9.17) is 4.74 Å². The highest BCUT2D eigenvalue weighted by molar-refractivity contribution is 7.89. The number of rotatable bonds is 7. The molecule has 0 bridgehead atoms. The molecule has 0 saturated carbocycles. The van der Waals surface area contributed by atoms with E-state index in [-0.39, 0.29) is 5.75 Å². The van der Waals surface area contributed by atoms with Crippen LogP contribution in [-0.2, 0) is 14.8 Å². The third-order valence-electron chi connectivity index (χ3n) is 3.11. The average Bonchev–Trinajstić information content (AvgIpc) is 2.30. The van der Waals surface area contributed by atoms with Crippen LogP contribution >= 0.6 is 0 Å². The van der Waals surface area contributed by atoms with Crippen LogP contribution < -0.4 is 5.32 Å². The van der Waals surface area contributed by atoms with Crippen LogP contribution in [0.3, 0.4) is 0 Å². The second-order valence-electron chi connectivity index (χ2n) is 4.59. The smallest absolute Gasteiger partial charge is 0.214 e. The van der Waals surface area contributed by atoms with Gasteiger partial charge in [0, 0.05) is 20.2 Å². The van der Waals surface area contributed by atoms with E-state index < -0.39 is 10.0 Å². The Morgan fingerprint density at radius 2 is 2.24 bits per heavy atom. The van der Waals surface area contributed by atoms with Gasteiger partial charge in [-0.2, -0.15) is 0 Å². The van der Waals surface area contributed by atoms with Crippen molar-refractivity contribution in [2.24, 2.45) is 5.92 Å². The fraction of sp³-hybridized carbons (Fsp3) is 1.00. The Bertz CT molecular complexity index is 304. The van der Waals surface area contributed by atoms with Crippen molar-refractivity contribution in [1.82, 2.24) is 9.62 Å². The minimum absolute atomic E-state index is 0.244. The molecule has 6 heteroatoms. The fourth-order valence-corrected chi connectivity index (χ4v) is 3.82. The number of sulfonamides is 1. The maximum Gasteiger partial charge on any atom is 0.214 e. The van der Waals surface area contributed by atoms with Crippen LogP contribution in [0.5, 0.6) is 0 Å². The van der Waals surface area contributed by atoms with Gasteiger partial charge in [0.1, 0.15) is 0 Å². The Kier molecular flexibility index (Phi) is 6.40. The molecule has 0 radical (unpaired) electrons. The van der Waals surface area contributed by atoms with Crippen LogP contribution in [0.4, 0.5) is 0 Å². The Hall–Kier alpha value is -0.170. The monoisotopic (exact) mass is 264 g/mol. The van der Waals surface area contributed by atoms with Crippen LogP contribution in [0.1, 0.15) is 19.3 Å². The predicted molar refractivity (Wildman–Crippen MR) is 68.5 cm³/mol. The summed E-state index contributed by atoms with van der Waals surface area (Å²) in [5, 5.41) is 2.97. The summed E-state index contributed by atoms with van der Waals surface area (Å²) in [5.74, 6) is 0.598. The lowest BCUT2D eigenvalue weighted by Gasteiger charge is -2.31. The van der Waals surface area contributed by atoms with Gasteiger partial charge in [-0.1, -0.05) is 0 Å². The third-order valence-corrected chi connectivity index (χ3v) is 5.03. The molecular weight excluding hydrogens is 240 g/mol. The number of methoxy groups -OCH3 is 1. The molecule has 1 unspecified atom stereocenters. The van der Waals surface area contributed by atoms with Gasteiger partial charge in [0.25, 0.3) is 0 Å². The van der Waals surface area contributed by atoms with Gasteiger partial charge >= 0.3 is 0 Å². The first-order valence-corrected chi connectivity index (χ1v) is 7.82. The van der Waals surface area contributed by atoms with Gasteiger partial charge in [-0.15, -0.1) is 0 Å². The van der Waals surface area contributed by atoms with Crippen LogP contribution in [0.2, 0.25) is 0 Å². The van der Waals surface area contributed by atoms with Gasteiger partial charge in [-0.3, -0.25) is 0 Å². The van der Waals surface area contributed by atoms with Gasteiger partial charge in [0.2, 0.25) is 10.0 Å². The molecule has 1 atom stereocenters. The fourth-order valence-electron chi connectivity index (χ4n) is 2.21. The minimum atomic E-state index is -3.07. The lowest BCUT2D eigenvalue weighted by molar-refractivity contribution is 0.118. The molecule has 102 valence electrons. The number of ether oxygens (including phenoxy) is 1. The molecule has 0 spiro atoms. The zero-order valence-electron chi connectivity index (χ0n) is 10.8. The molecular formula is C11H24N2O3S. The Labute approximate surface area is 105 Å². The molecule has 1 heterocycles. The van der Waals surface area contributed by atoms with E-state index in [0.717, 1.165) is 19.4 Å². The normalized spacial score (nSPS) is 22.8. The number of hydrogen-bond acceptors (Lipinski definition) is 4. The van der Waals surface area contributed by atoms with Crippen LogP contribution in [-0.4, -0.2) is 58.9 Å². The number of hydrogen-bond donors (Lipinski definition) is 1. The van der Waals surface area contributed by atoms with Crippen molar-refractivity contribution in [2.75, 3.05) is 46.2 Å². The zero-order chi connectivity index (χ0) is 12.7. The van der Waals surface area contributed by atoms with E-state index in [1.807, 2.05) is 7.05 Å². The van der Waals surface area contributed by atoms with Crippen LogP contribution in [0.15, 0.2) is 0 Å². The van der Waals surface area contributed by atoms with E-state index in [0.29, 0.717) is 32.0 Å². The topological polar surface area (TPSA) is 58.6 Å². The summed E-state index contributed by atoms with van der Waals surface area (Å²) >= 11 is 0. The molecule has 17 heavy (non-hydrogen) atoms. The molecule has 5 nitrogen and oxygen atoms in total. The van der Waals surface area contributed by atoms with Crippen molar-refractivity contribution in [2.45, 2.75) is 19.3 Å². The van der Waals surface area contributed by atoms with Crippen LogP contribution in [0.25, 0.3) is 0 Å². The van der Waals surface area contributed by atoms with Crippen molar-refractivity contribution in [3.8, 4) is 0 Å². The molecule has 1 N–H and O–H groups in total. The van der Waals surface area contributed by atoms with Crippen molar-refractivity contribution in [3.63, 3.8) is 0 Å². The molecule has 0 amide bonds. The maximum atomic E-state index is 12.1. The second kappa shape index (κ2) is 7.31. The number of nitrogens with one attached hydrogen (secondary N) is 1. The highest BCUT2D eigenvalue weighted by Gasteiger charge is 2.28. The van der Waals surface area contributed by atoms with Gasteiger partial charge in [-0.05, 0) is 38.8 Å². The first kappa shape index (κ1) is 14.9. The van der Waals surface area contributed by atoms with E-state index in [2.05, 4.69) is 5.32 Å². The average molecular weight is 264 g/mol. The first-order valence-electron chi connectivity index (χ1n) is 6.21. The summed E-state index contributed by atoms with van der Waals surface area (Å²) in [4.78, 5) is 0. The Morgan fingerprint density at radius 1 is 1.47 bits per heavy atom. The molecule has 0 aliphatic carbocycles. The van der Waals surface area contributed by atoms with Gasteiger partial charge in [-0.25, -0.2) is 12.7 Å². The van der Waals surface area contributed by atoms with Crippen LogP contribution in [0, 0.1) is 5.92 Å². The summed E-state index contributed by atoms with van der Waals surface area (Å²) in [6, 6.07) is 0. The molecule has 1 aliphatic rings. The predicted octanol–water partition coefficient (Wildman–Crippen LogP) is 0.284. The molecule has 1 saturated heterocycles. The largest absolute Gasteiger partial charge is 0.384 e. The standard InChI is InChI=1S/C11H24N2O3S/c1-12-6-4-8-17(14,15)13-7-3-5-11(9-13)10-16-2/h11-12H,3-10H2,1-2H3. The highest BCUT2D eigenvalue weighted by Crippen LogP contribution is 2.19. The summed E-state index contributed by atoms with van der Waals surface area (Å²) < 4.78 is 30.9. The third kappa shape index (κ3) is 4.91. The summed E-state index contributed by atoms with van der Waals surface area (Å²) in [7, 11) is 0.433. The quantitative estimate of drug-likeness (QED) is 0.671. The van der Waals surface area contributed by atoms with Gasteiger partial charge in [0.05, 0.1) is 12.4 Å². The lowest BCUT2D eigenvalue weighted by Crippen LogP contribution is -2.42. The SMILES string of the molecule is CNCCCS(=O)(=O)N1CCCC(COC)C1. The van der Waals surface area contributed by atoms with Crippen molar-refractivity contribution >= 4 is 10.0 Å².